The van der Waals surface area contributed by atoms with Crippen molar-refractivity contribution in [1.82, 2.24) is 9.13 Å². The zero-order chi connectivity index (χ0) is 18.5. The first kappa shape index (κ1) is 17.3. The van der Waals surface area contributed by atoms with Gasteiger partial charge in [-0.1, -0.05) is 17.7 Å². The number of aryl methyl sites for hydroxylation is 5. The van der Waals surface area contributed by atoms with Crippen LogP contribution in [0.5, 0.6) is 0 Å². The van der Waals surface area contributed by atoms with Crippen LogP contribution in [-0.2, 0) is 24.1 Å². The number of nitrogens with zero attached hydrogens (tertiary/aromatic N) is 2. The molecule has 0 atom stereocenters. The van der Waals surface area contributed by atoms with Gasteiger partial charge in [-0.05, 0) is 50.1 Å². The lowest BCUT2D eigenvalue weighted by molar-refractivity contribution is 0.600. The van der Waals surface area contributed by atoms with Gasteiger partial charge in [0.15, 0.2) is 0 Å². The van der Waals surface area contributed by atoms with E-state index in [1.165, 1.54) is 9.13 Å². The van der Waals surface area contributed by atoms with E-state index in [2.05, 4.69) is 4.72 Å². The molecule has 0 aliphatic rings. The Morgan fingerprint density at radius 2 is 1.44 bits per heavy atom. The standard InChI is InChI=1S/C18H21N3O3S/c1-11-8-12(2)17(13(3)9-11)25(23,24)19-14-6-7-15-16(10-14)21(5)18(22)20(15)4/h6-10,19H,1-5H3. The van der Waals surface area contributed by atoms with Crippen LogP contribution in [0.3, 0.4) is 0 Å². The third-order valence-electron chi connectivity index (χ3n) is 4.40. The lowest BCUT2D eigenvalue weighted by Crippen LogP contribution is -2.19. The molecule has 0 aliphatic carbocycles. The molecular weight excluding hydrogens is 338 g/mol. The number of hydrogen-bond donors (Lipinski definition) is 1. The van der Waals surface area contributed by atoms with Crippen molar-refractivity contribution in [1.29, 1.82) is 0 Å². The summed E-state index contributed by atoms with van der Waals surface area (Å²) < 4.78 is 31.4. The molecule has 3 rings (SSSR count). The second-order valence-corrected chi connectivity index (χ2v) is 8.06. The Morgan fingerprint density at radius 1 is 0.880 bits per heavy atom. The highest BCUT2D eigenvalue weighted by Gasteiger charge is 2.20. The molecule has 0 aliphatic heterocycles. The molecule has 0 bridgehead atoms. The van der Waals surface area contributed by atoms with Crippen LogP contribution in [0.2, 0.25) is 0 Å². The van der Waals surface area contributed by atoms with Crippen molar-refractivity contribution in [2.45, 2.75) is 25.7 Å². The number of benzene rings is 2. The quantitative estimate of drug-likeness (QED) is 0.781. The lowest BCUT2D eigenvalue weighted by Gasteiger charge is -2.14. The van der Waals surface area contributed by atoms with Crippen molar-refractivity contribution in [3.8, 4) is 0 Å². The number of nitrogens with one attached hydrogen (secondary N) is 1. The minimum Gasteiger partial charge on any atom is -0.295 e. The van der Waals surface area contributed by atoms with Gasteiger partial charge in [-0.2, -0.15) is 0 Å². The Labute approximate surface area is 146 Å². The Morgan fingerprint density at radius 3 is 2.04 bits per heavy atom. The Balaban J connectivity index is 2.09. The number of sulfonamides is 1. The molecule has 2 aromatic carbocycles. The van der Waals surface area contributed by atoms with Gasteiger partial charge in [-0.15, -0.1) is 0 Å². The smallest absolute Gasteiger partial charge is 0.295 e. The predicted octanol–water partition coefficient (Wildman–Crippen LogP) is 2.60. The van der Waals surface area contributed by atoms with Crippen LogP contribution in [-0.4, -0.2) is 17.6 Å². The van der Waals surface area contributed by atoms with E-state index in [4.69, 9.17) is 0 Å². The average Bonchev–Trinajstić information content (AvgIpc) is 2.70. The molecule has 7 heteroatoms. The van der Waals surface area contributed by atoms with Gasteiger partial charge in [0, 0.05) is 14.1 Å². The maximum absolute atomic E-state index is 12.9. The molecule has 0 saturated carbocycles. The van der Waals surface area contributed by atoms with Crippen LogP contribution in [0.25, 0.3) is 11.0 Å². The molecule has 6 nitrogen and oxygen atoms in total. The first-order chi connectivity index (χ1) is 11.6. The van der Waals surface area contributed by atoms with Crippen molar-refractivity contribution < 1.29 is 8.42 Å². The number of rotatable bonds is 3. The van der Waals surface area contributed by atoms with E-state index in [0.29, 0.717) is 27.2 Å². The van der Waals surface area contributed by atoms with Crippen molar-refractivity contribution in [2.75, 3.05) is 4.72 Å². The summed E-state index contributed by atoms with van der Waals surface area (Å²) in [6.07, 6.45) is 0. The molecule has 0 radical (unpaired) electrons. The molecule has 0 fully saturated rings. The lowest BCUT2D eigenvalue weighted by atomic mass is 10.1. The number of aromatic nitrogens is 2. The van der Waals surface area contributed by atoms with Gasteiger partial charge in [0.2, 0.25) is 0 Å². The second kappa shape index (κ2) is 5.77. The first-order valence-electron chi connectivity index (χ1n) is 7.88. The zero-order valence-electron chi connectivity index (χ0n) is 14.9. The van der Waals surface area contributed by atoms with E-state index in [1.54, 1.807) is 46.1 Å². The molecule has 1 aromatic heterocycles. The third-order valence-corrected chi connectivity index (χ3v) is 6.08. The van der Waals surface area contributed by atoms with E-state index in [-0.39, 0.29) is 5.69 Å². The highest BCUT2D eigenvalue weighted by molar-refractivity contribution is 7.92. The van der Waals surface area contributed by atoms with E-state index >= 15 is 0 Å². The van der Waals surface area contributed by atoms with Crippen molar-refractivity contribution in [3.05, 3.63) is 57.5 Å². The number of hydrogen-bond acceptors (Lipinski definition) is 3. The van der Waals surface area contributed by atoms with Gasteiger partial charge in [0.25, 0.3) is 10.0 Å². The molecule has 0 unspecified atom stereocenters. The molecule has 1 heterocycles. The Hall–Kier alpha value is -2.54. The molecule has 132 valence electrons. The summed E-state index contributed by atoms with van der Waals surface area (Å²) in [4.78, 5) is 12.3. The number of anilines is 1. The van der Waals surface area contributed by atoms with Crippen LogP contribution in [0, 0.1) is 20.8 Å². The van der Waals surface area contributed by atoms with Crippen molar-refractivity contribution in [3.63, 3.8) is 0 Å². The summed E-state index contributed by atoms with van der Waals surface area (Å²) in [5, 5.41) is 0. The highest BCUT2D eigenvalue weighted by atomic mass is 32.2. The topological polar surface area (TPSA) is 73.1 Å². The molecule has 25 heavy (non-hydrogen) atoms. The van der Waals surface area contributed by atoms with Crippen LogP contribution in [0.4, 0.5) is 5.69 Å². The van der Waals surface area contributed by atoms with E-state index < -0.39 is 10.0 Å². The fraction of sp³-hybridized carbons (Fsp3) is 0.278. The molecule has 1 N–H and O–H groups in total. The average molecular weight is 359 g/mol. The monoisotopic (exact) mass is 359 g/mol. The Bertz CT molecular complexity index is 1130. The van der Waals surface area contributed by atoms with Crippen LogP contribution in [0.1, 0.15) is 16.7 Å². The number of imidazole rings is 1. The third kappa shape index (κ3) is 2.84. The van der Waals surface area contributed by atoms with Crippen molar-refractivity contribution in [2.24, 2.45) is 14.1 Å². The summed E-state index contributed by atoms with van der Waals surface area (Å²) in [7, 11) is -0.369. The fourth-order valence-corrected chi connectivity index (χ4v) is 4.87. The molecule has 3 aromatic rings. The largest absolute Gasteiger partial charge is 0.328 e. The van der Waals surface area contributed by atoms with Gasteiger partial charge in [-0.25, -0.2) is 13.2 Å². The van der Waals surface area contributed by atoms with Gasteiger partial charge >= 0.3 is 5.69 Å². The summed E-state index contributed by atoms with van der Waals surface area (Å²) in [5.41, 5.74) is 4.13. The van der Waals surface area contributed by atoms with Gasteiger partial charge in [0.1, 0.15) is 0 Å². The summed E-state index contributed by atoms with van der Waals surface area (Å²) in [6.45, 7) is 5.52. The van der Waals surface area contributed by atoms with E-state index in [1.807, 2.05) is 19.1 Å². The predicted molar refractivity (Wildman–Crippen MR) is 99.6 cm³/mol. The van der Waals surface area contributed by atoms with Gasteiger partial charge < -0.3 is 0 Å². The van der Waals surface area contributed by atoms with Crippen LogP contribution < -0.4 is 10.4 Å². The minimum atomic E-state index is -3.72. The summed E-state index contributed by atoms with van der Waals surface area (Å²) in [5.74, 6) is 0. The highest BCUT2D eigenvalue weighted by Crippen LogP contribution is 2.25. The minimum absolute atomic E-state index is 0.153. The summed E-state index contributed by atoms with van der Waals surface area (Å²) in [6, 6.07) is 8.78. The van der Waals surface area contributed by atoms with Crippen LogP contribution in [0.15, 0.2) is 40.0 Å². The Kier molecular flexibility index (Phi) is 3.99. The maximum atomic E-state index is 12.9. The summed E-state index contributed by atoms with van der Waals surface area (Å²) >= 11 is 0. The fourth-order valence-electron chi connectivity index (χ4n) is 3.37. The van der Waals surface area contributed by atoms with Crippen LogP contribution >= 0.6 is 0 Å². The molecule has 0 spiro atoms. The van der Waals surface area contributed by atoms with E-state index in [9.17, 15) is 13.2 Å². The maximum Gasteiger partial charge on any atom is 0.328 e. The number of fused-ring (bicyclic) bond motifs is 1. The second-order valence-electron chi connectivity index (χ2n) is 6.44. The van der Waals surface area contributed by atoms with Crippen molar-refractivity contribution >= 4 is 26.7 Å². The first-order valence-corrected chi connectivity index (χ1v) is 9.36. The zero-order valence-corrected chi connectivity index (χ0v) is 15.7. The normalized spacial score (nSPS) is 11.9. The van der Waals surface area contributed by atoms with E-state index in [0.717, 1.165) is 11.1 Å². The molecule has 0 amide bonds. The molecular formula is C18H21N3O3S. The van der Waals surface area contributed by atoms with Gasteiger partial charge in [0.05, 0.1) is 21.6 Å². The van der Waals surface area contributed by atoms with Gasteiger partial charge in [-0.3, -0.25) is 13.9 Å². The SMILES string of the molecule is Cc1cc(C)c(S(=O)(=O)Nc2ccc3c(c2)n(C)c(=O)n3C)c(C)c1. The molecule has 0 saturated heterocycles.